The highest BCUT2D eigenvalue weighted by atomic mass is 19.1. The van der Waals surface area contributed by atoms with Gasteiger partial charge in [0.15, 0.2) is 0 Å². The van der Waals surface area contributed by atoms with E-state index in [1.165, 1.54) is 12.1 Å². The minimum absolute atomic E-state index is 0.0571. The van der Waals surface area contributed by atoms with Crippen molar-refractivity contribution in [1.29, 1.82) is 0 Å². The first-order valence-corrected chi connectivity index (χ1v) is 9.26. The summed E-state index contributed by atoms with van der Waals surface area (Å²) in [6, 6.07) is 6.49. The lowest BCUT2D eigenvalue weighted by atomic mass is 9.97. The van der Waals surface area contributed by atoms with E-state index in [9.17, 15) is 9.18 Å². The largest absolute Gasteiger partial charge is 0.361 e. The van der Waals surface area contributed by atoms with Crippen LogP contribution in [0.1, 0.15) is 18.4 Å². The van der Waals surface area contributed by atoms with Gasteiger partial charge in [0.1, 0.15) is 5.82 Å². The number of nitrogens with zero attached hydrogens (tertiary/aromatic N) is 3. The summed E-state index contributed by atoms with van der Waals surface area (Å²) in [6.07, 6.45) is 7.79. The maximum atomic E-state index is 13.5. The van der Waals surface area contributed by atoms with Gasteiger partial charge in [-0.15, -0.1) is 0 Å². The molecule has 2 N–H and O–H groups in total. The number of anilines is 1. The Kier molecular flexibility index (Phi) is 5.00. The van der Waals surface area contributed by atoms with E-state index in [0.717, 1.165) is 35.9 Å². The van der Waals surface area contributed by atoms with Crippen LogP contribution in [0.4, 0.5) is 10.3 Å². The average Bonchev–Trinajstić information content (AvgIpc) is 3.11. The van der Waals surface area contributed by atoms with Crippen molar-refractivity contribution in [1.82, 2.24) is 20.3 Å². The zero-order chi connectivity index (χ0) is 18.6. The van der Waals surface area contributed by atoms with Crippen LogP contribution >= 0.6 is 0 Å². The smallest absolute Gasteiger partial charge is 0.225 e. The van der Waals surface area contributed by atoms with E-state index in [0.29, 0.717) is 25.5 Å². The van der Waals surface area contributed by atoms with Gasteiger partial charge in [-0.2, -0.15) is 0 Å². The highest BCUT2D eigenvalue weighted by Gasteiger charge is 2.26. The van der Waals surface area contributed by atoms with E-state index in [1.54, 1.807) is 24.5 Å². The third-order valence-corrected chi connectivity index (χ3v) is 5.05. The van der Waals surface area contributed by atoms with Gasteiger partial charge in [0.2, 0.25) is 11.9 Å². The number of piperidine rings is 1. The molecular formula is C20H22FN5O. The molecule has 0 aliphatic carbocycles. The Morgan fingerprint density at radius 3 is 3.04 bits per heavy atom. The predicted octanol–water partition coefficient (Wildman–Crippen LogP) is 2.67. The highest BCUT2D eigenvalue weighted by Crippen LogP contribution is 2.21. The number of hydrogen-bond donors (Lipinski definition) is 2. The van der Waals surface area contributed by atoms with Gasteiger partial charge >= 0.3 is 0 Å². The predicted molar refractivity (Wildman–Crippen MR) is 102 cm³/mol. The average molecular weight is 367 g/mol. The summed E-state index contributed by atoms with van der Waals surface area (Å²) < 4.78 is 13.5. The zero-order valence-electron chi connectivity index (χ0n) is 15.0. The summed E-state index contributed by atoms with van der Waals surface area (Å²) in [5, 5.41) is 3.90. The Labute approximate surface area is 156 Å². The van der Waals surface area contributed by atoms with Crippen LogP contribution in [0, 0.1) is 11.7 Å². The molecule has 3 heterocycles. The molecule has 1 fully saturated rings. The van der Waals surface area contributed by atoms with Crippen molar-refractivity contribution in [3.05, 3.63) is 54.2 Å². The normalized spacial score (nSPS) is 17.2. The molecule has 6 nitrogen and oxygen atoms in total. The van der Waals surface area contributed by atoms with Gasteiger partial charge in [-0.3, -0.25) is 4.79 Å². The van der Waals surface area contributed by atoms with Crippen molar-refractivity contribution in [2.75, 3.05) is 24.5 Å². The molecular weight excluding hydrogens is 345 g/mol. The van der Waals surface area contributed by atoms with Gasteiger partial charge < -0.3 is 15.2 Å². The third-order valence-electron chi connectivity index (χ3n) is 5.05. The Morgan fingerprint density at radius 1 is 1.33 bits per heavy atom. The molecule has 0 saturated carbocycles. The highest BCUT2D eigenvalue weighted by molar-refractivity contribution is 5.83. The van der Waals surface area contributed by atoms with Crippen LogP contribution in [0.25, 0.3) is 10.9 Å². The van der Waals surface area contributed by atoms with Crippen LogP contribution in [0.3, 0.4) is 0 Å². The molecule has 1 aromatic carbocycles. The lowest BCUT2D eigenvalue weighted by Crippen LogP contribution is -2.44. The fourth-order valence-electron chi connectivity index (χ4n) is 3.65. The zero-order valence-corrected chi connectivity index (χ0v) is 15.0. The Bertz CT molecular complexity index is 927. The summed E-state index contributed by atoms with van der Waals surface area (Å²) in [5.74, 6) is 0.415. The van der Waals surface area contributed by atoms with Crippen molar-refractivity contribution in [3.63, 3.8) is 0 Å². The standard InChI is InChI=1S/C20H22FN5O/c21-16-4-5-18-17(11-16)14(12-25-18)6-9-22-19(27)15-3-1-10-26(13-15)20-23-7-2-8-24-20/h2,4-5,7-8,11-12,15,25H,1,3,6,9-10,13H2,(H,22,27)/t15-/m0/s1. The molecule has 1 aliphatic heterocycles. The molecule has 7 heteroatoms. The van der Waals surface area contributed by atoms with Crippen LogP contribution in [-0.2, 0) is 11.2 Å². The van der Waals surface area contributed by atoms with E-state index < -0.39 is 0 Å². The SMILES string of the molecule is O=C(NCCc1c[nH]c2ccc(F)cc12)[C@H]1CCCN(c2ncccn2)C1. The number of carbonyl (C=O) groups is 1. The number of carbonyl (C=O) groups excluding carboxylic acids is 1. The van der Waals surface area contributed by atoms with Gasteiger partial charge in [-0.1, -0.05) is 0 Å². The number of fused-ring (bicyclic) bond motifs is 1. The quantitative estimate of drug-likeness (QED) is 0.727. The number of amides is 1. The van der Waals surface area contributed by atoms with E-state index in [-0.39, 0.29) is 17.6 Å². The monoisotopic (exact) mass is 367 g/mol. The first-order valence-electron chi connectivity index (χ1n) is 9.26. The van der Waals surface area contributed by atoms with Crippen LogP contribution in [0.2, 0.25) is 0 Å². The molecule has 1 amide bonds. The van der Waals surface area contributed by atoms with E-state index in [1.807, 2.05) is 6.20 Å². The number of benzene rings is 1. The summed E-state index contributed by atoms with van der Waals surface area (Å²) in [7, 11) is 0. The van der Waals surface area contributed by atoms with Gasteiger partial charge in [0.25, 0.3) is 0 Å². The maximum Gasteiger partial charge on any atom is 0.225 e. The van der Waals surface area contributed by atoms with Gasteiger partial charge in [0, 0.05) is 49.1 Å². The van der Waals surface area contributed by atoms with Crippen molar-refractivity contribution >= 4 is 22.8 Å². The minimum Gasteiger partial charge on any atom is -0.361 e. The topological polar surface area (TPSA) is 73.9 Å². The molecule has 1 saturated heterocycles. The van der Waals surface area contributed by atoms with Crippen LogP contribution < -0.4 is 10.2 Å². The van der Waals surface area contributed by atoms with Crippen LogP contribution in [0.15, 0.2) is 42.9 Å². The van der Waals surface area contributed by atoms with Crippen molar-refractivity contribution < 1.29 is 9.18 Å². The van der Waals surface area contributed by atoms with Crippen molar-refractivity contribution in [2.24, 2.45) is 5.92 Å². The fourth-order valence-corrected chi connectivity index (χ4v) is 3.65. The second kappa shape index (κ2) is 7.73. The van der Waals surface area contributed by atoms with Gasteiger partial charge in [-0.25, -0.2) is 14.4 Å². The third kappa shape index (κ3) is 3.92. The summed E-state index contributed by atoms with van der Waals surface area (Å²) in [4.78, 5) is 26.3. The van der Waals surface area contributed by atoms with Crippen molar-refractivity contribution in [2.45, 2.75) is 19.3 Å². The molecule has 0 spiro atoms. The molecule has 0 bridgehead atoms. The molecule has 0 radical (unpaired) electrons. The van der Waals surface area contributed by atoms with Crippen LogP contribution in [0.5, 0.6) is 0 Å². The molecule has 140 valence electrons. The molecule has 1 aliphatic rings. The number of hydrogen-bond acceptors (Lipinski definition) is 4. The second-order valence-electron chi connectivity index (χ2n) is 6.88. The molecule has 1 atom stereocenters. The van der Waals surface area contributed by atoms with E-state index >= 15 is 0 Å². The summed E-state index contributed by atoms with van der Waals surface area (Å²) in [5.41, 5.74) is 1.91. The van der Waals surface area contributed by atoms with E-state index in [4.69, 9.17) is 0 Å². The number of aromatic nitrogens is 3. The Balaban J connectivity index is 1.33. The fraction of sp³-hybridized carbons (Fsp3) is 0.350. The number of H-pyrrole nitrogens is 1. The summed E-state index contributed by atoms with van der Waals surface area (Å²) in [6.45, 7) is 2.03. The first-order chi connectivity index (χ1) is 13.2. The molecule has 3 aromatic rings. The number of nitrogens with one attached hydrogen (secondary N) is 2. The lowest BCUT2D eigenvalue weighted by Gasteiger charge is -2.31. The molecule has 4 rings (SSSR count). The van der Waals surface area contributed by atoms with Gasteiger partial charge in [-0.05, 0) is 49.1 Å². The van der Waals surface area contributed by atoms with Crippen molar-refractivity contribution in [3.8, 4) is 0 Å². The number of halogens is 1. The van der Waals surface area contributed by atoms with Crippen LogP contribution in [-0.4, -0.2) is 40.5 Å². The minimum atomic E-state index is -0.252. The Hall–Kier alpha value is -2.96. The van der Waals surface area contributed by atoms with E-state index in [2.05, 4.69) is 25.2 Å². The first kappa shape index (κ1) is 17.5. The maximum absolute atomic E-state index is 13.5. The number of aromatic amines is 1. The molecule has 0 unspecified atom stereocenters. The molecule has 2 aromatic heterocycles. The summed E-state index contributed by atoms with van der Waals surface area (Å²) >= 11 is 0. The molecule has 27 heavy (non-hydrogen) atoms. The lowest BCUT2D eigenvalue weighted by molar-refractivity contribution is -0.125. The Morgan fingerprint density at radius 2 is 2.19 bits per heavy atom. The van der Waals surface area contributed by atoms with Gasteiger partial charge in [0.05, 0.1) is 5.92 Å². The number of rotatable bonds is 5. The second-order valence-corrected chi connectivity index (χ2v) is 6.88.